The number of fused-ring (bicyclic) bond motifs is 3. The number of rotatable bonds is 4. The number of methoxy groups -OCH3 is 1. The van der Waals surface area contributed by atoms with Crippen LogP contribution in [0.1, 0.15) is 46.8 Å². The average Bonchev–Trinajstić information content (AvgIpc) is 3.17. The topological polar surface area (TPSA) is 47.6 Å². The van der Waals surface area contributed by atoms with Crippen molar-refractivity contribution in [3.63, 3.8) is 0 Å². The Morgan fingerprint density at radius 3 is 2.92 bits per heavy atom. The molecule has 3 atom stereocenters. The fraction of sp³-hybridized carbons (Fsp3) is 0.318. The number of esters is 1. The zero-order valence-corrected chi connectivity index (χ0v) is 15.1. The molecule has 0 bridgehead atoms. The molecule has 2 aromatic carbocycles. The Morgan fingerprint density at radius 1 is 1.23 bits per heavy atom. The first kappa shape index (κ1) is 16.7. The van der Waals surface area contributed by atoms with E-state index in [1.54, 1.807) is 7.11 Å². The average molecular weight is 349 g/mol. The third-order valence-electron chi connectivity index (χ3n) is 5.33. The van der Waals surface area contributed by atoms with Crippen molar-refractivity contribution in [2.75, 3.05) is 19.0 Å². The van der Waals surface area contributed by atoms with Gasteiger partial charge in [-0.25, -0.2) is 4.79 Å². The molecule has 0 saturated carbocycles. The van der Waals surface area contributed by atoms with Crippen LogP contribution in [0, 0.1) is 5.92 Å². The van der Waals surface area contributed by atoms with E-state index in [-0.39, 0.29) is 12.0 Å². The molecule has 1 N–H and O–H groups in total. The van der Waals surface area contributed by atoms with Gasteiger partial charge in [-0.1, -0.05) is 24.3 Å². The molecule has 26 heavy (non-hydrogen) atoms. The molecule has 1 unspecified atom stereocenters. The monoisotopic (exact) mass is 349 g/mol. The van der Waals surface area contributed by atoms with Gasteiger partial charge in [0.25, 0.3) is 0 Å². The zero-order chi connectivity index (χ0) is 18.1. The summed E-state index contributed by atoms with van der Waals surface area (Å²) in [6.07, 6.45) is 5.53. The van der Waals surface area contributed by atoms with Gasteiger partial charge in [-0.05, 0) is 60.7 Å². The van der Waals surface area contributed by atoms with Gasteiger partial charge in [0.05, 0.1) is 25.3 Å². The van der Waals surface area contributed by atoms with E-state index in [0.29, 0.717) is 24.0 Å². The number of anilines is 1. The Bertz CT molecular complexity index is 858. The second kappa shape index (κ2) is 6.87. The molecular weight excluding hydrogens is 326 g/mol. The number of allylic oxidation sites excluding steroid dienone is 2. The molecule has 2 aromatic rings. The minimum atomic E-state index is -0.260. The van der Waals surface area contributed by atoms with Crippen molar-refractivity contribution in [1.82, 2.24) is 0 Å². The number of carbonyl (C=O) groups is 1. The van der Waals surface area contributed by atoms with Crippen LogP contribution in [0.4, 0.5) is 5.69 Å². The summed E-state index contributed by atoms with van der Waals surface area (Å²) in [6.45, 7) is 2.21. The molecule has 1 aliphatic heterocycles. The number of hydrogen-bond donors (Lipinski definition) is 1. The Morgan fingerprint density at radius 2 is 2.12 bits per heavy atom. The smallest absolute Gasteiger partial charge is 0.338 e. The predicted molar refractivity (Wildman–Crippen MR) is 102 cm³/mol. The summed E-state index contributed by atoms with van der Waals surface area (Å²) in [5, 5.41) is 3.69. The molecule has 0 radical (unpaired) electrons. The van der Waals surface area contributed by atoms with Crippen LogP contribution >= 0.6 is 0 Å². The number of nitrogens with one attached hydrogen (secondary N) is 1. The van der Waals surface area contributed by atoms with E-state index >= 15 is 0 Å². The molecule has 134 valence electrons. The quantitative estimate of drug-likeness (QED) is 0.642. The molecule has 0 aromatic heterocycles. The lowest BCUT2D eigenvalue weighted by atomic mass is 9.76. The fourth-order valence-corrected chi connectivity index (χ4v) is 4.10. The highest BCUT2D eigenvalue weighted by Crippen LogP contribution is 2.50. The molecule has 0 spiro atoms. The van der Waals surface area contributed by atoms with Gasteiger partial charge in [0, 0.05) is 11.6 Å². The van der Waals surface area contributed by atoms with Crippen LogP contribution in [-0.4, -0.2) is 19.7 Å². The van der Waals surface area contributed by atoms with E-state index in [1.807, 2.05) is 37.3 Å². The van der Waals surface area contributed by atoms with Crippen molar-refractivity contribution in [1.29, 1.82) is 0 Å². The lowest BCUT2D eigenvalue weighted by molar-refractivity contribution is 0.0526. The summed E-state index contributed by atoms with van der Waals surface area (Å²) in [5.41, 5.74) is 4.10. The largest absolute Gasteiger partial charge is 0.497 e. The standard InChI is InChI=1S/C22H23NO3/c1-3-26-22(24)15-10-11-20-19(13-15)17-8-5-9-18(17)21(23-20)14-6-4-7-16(12-14)25-2/h4-8,10-13,17-18,21,23H,3,9H2,1-2H3/t17?,18-,21-/m0/s1. The van der Waals surface area contributed by atoms with Crippen LogP contribution in [0.25, 0.3) is 0 Å². The molecule has 1 aliphatic carbocycles. The summed E-state index contributed by atoms with van der Waals surface area (Å²) in [4.78, 5) is 12.1. The second-order valence-electron chi connectivity index (χ2n) is 6.77. The van der Waals surface area contributed by atoms with Crippen molar-refractivity contribution in [3.05, 3.63) is 71.3 Å². The highest BCUT2D eigenvalue weighted by atomic mass is 16.5. The molecule has 1 heterocycles. The van der Waals surface area contributed by atoms with Crippen molar-refractivity contribution in [3.8, 4) is 5.75 Å². The molecule has 0 fully saturated rings. The van der Waals surface area contributed by atoms with Gasteiger partial charge in [-0.3, -0.25) is 0 Å². The van der Waals surface area contributed by atoms with E-state index in [0.717, 1.165) is 17.9 Å². The molecule has 2 aliphatic rings. The van der Waals surface area contributed by atoms with Crippen LogP contribution in [0.15, 0.2) is 54.6 Å². The van der Waals surface area contributed by atoms with Crippen LogP contribution in [0.2, 0.25) is 0 Å². The van der Waals surface area contributed by atoms with Gasteiger partial charge in [0.1, 0.15) is 5.75 Å². The third-order valence-corrected chi connectivity index (χ3v) is 5.33. The third kappa shape index (κ3) is 2.85. The Kier molecular flexibility index (Phi) is 4.41. The maximum atomic E-state index is 12.1. The molecule has 0 amide bonds. The zero-order valence-electron chi connectivity index (χ0n) is 15.1. The van der Waals surface area contributed by atoms with Gasteiger partial charge in [-0.2, -0.15) is 0 Å². The minimum absolute atomic E-state index is 0.214. The van der Waals surface area contributed by atoms with Gasteiger partial charge in [0.15, 0.2) is 0 Å². The van der Waals surface area contributed by atoms with Crippen molar-refractivity contribution >= 4 is 11.7 Å². The first-order chi connectivity index (χ1) is 12.7. The molecule has 4 rings (SSSR count). The summed E-state index contributed by atoms with van der Waals surface area (Å²) in [5.74, 6) is 1.34. The van der Waals surface area contributed by atoms with Gasteiger partial charge >= 0.3 is 5.97 Å². The van der Waals surface area contributed by atoms with E-state index in [4.69, 9.17) is 9.47 Å². The summed E-state index contributed by atoms with van der Waals surface area (Å²) in [7, 11) is 1.69. The van der Waals surface area contributed by atoms with Crippen molar-refractivity contribution in [2.24, 2.45) is 5.92 Å². The van der Waals surface area contributed by atoms with Crippen LogP contribution < -0.4 is 10.1 Å². The number of hydrogen-bond acceptors (Lipinski definition) is 4. The van der Waals surface area contributed by atoms with Gasteiger partial charge in [-0.15, -0.1) is 0 Å². The molecular formula is C22H23NO3. The van der Waals surface area contributed by atoms with Gasteiger partial charge < -0.3 is 14.8 Å². The fourth-order valence-electron chi connectivity index (χ4n) is 4.10. The van der Waals surface area contributed by atoms with E-state index in [2.05, 4.69) is 29.6 Å². The summed E-state index contributed by atoms with van der Waals surface area (Å²) >= 11 is 0. The molecule has 4 heteroatoms. The van der Waals surface area contributed by atoms with E-state index < -0.39 is 0 Å². The summed E-state index contributed by atoms with van der Waals surface area (Å²) in [6, 6.07) is 14.3. The van der Waals surface area contributed by atoms with Crippen molar-refractivity contribution in [2.45, 2.75) is 25.3 Å². The van der Waals surface area contributed by atoms with Crippen LogP contribution in [0.3, 0.4) is 0 Å². The molecule has 4 nitrogen and oxygen atoms in total. The van der Waals surface area contributed by atoms with Crippen molar-refractivity contribution < 1.29 is 14.3 Å². The highest BCUT2D eigenvalue weighted by molar-refractivity contribution is 5.90. The summed E-state index contributed by atoms with van der Waals surface area (Å²) < 4.78 is 10.6. The van der Waals surface area contributed by atoms with Crippen LogP contribution in [0.5, 0.6) is 5.75 Å². The first-order valence-electron chi connectivity index (χ1n) is 9.09. The van der Waals surface area contributed by atoms with Gasteiger partial charge in [0.2, 0.25) is 0 Å². The number of benzene rings is 2. The maximum Gasteiger partial charge on any atom is 0.338 e. The second-order valence-corrected chi connectivity index (χ2v) is 6.77. The lowest BCUT2D eigenvalue weighted by Crippen LogP contribution is -2.29. The Labute approximate surface area is 153 Å². The Balaban J connectivity index is 1.71. The first-order valence-corrected chi connectivity index (χ1v) is 9.09. The number of ether oxygens (including phenoxy) is 2. The molecule has 0 saturated heterocycles. The minimum Gasteiger partial charge on any atom is -0.497 e. The van der Waals surface area contributed by atoms with E-state index in [1.165, 1.54) is 11.1 Å². The Hall–Kier alpha value is -2.75. The van der Waals surface area contributed by atoms with E-state index in [9.17, 15) is 4.79 Å². The maximum absolute atomic E-state index is 12.1. The number of carbonyl (C=O) groups excluding carboxylic acids is 1. The normalized spacial score (nSPS) is 22.9. The highest BCUT2D eigenvalue weighted by Gasteiger charge is 2.38. The SMILES string of the molecule is CCOC(=O)c1ccc2c(c1)C1C=CC[C@@H]1[C@H](c1cccc(OC)c1)N2. The predicted octanol–water partition coefficient (Wildman–Crippen LogP) is 4.70. The lowest BCUT2D eigenvalue weighted by Gasteiger charge is -2.37. The van der Waals surface area contributed by atoms with Crippen LogP contribution in [-0.2, 0) is 4.74 Å².